The molecule has 2 aromatic rings. The minimum absolute atomic E-state index is 0.644. The average Bonchev–Trinajstić information content (AvgIpc) is 2.96. The zero-order valence-electron chi connectivity index (χ0n) is 8.13. The monoisotopic (exact) mass is 298 g/mol. The van der Waals surface area contributed by atoms with Crippen LogP contribution in [0.3, 0.4) is 0 Å². The molecule has 82 valence electrons. The number of rotatable bonds is 2. The maximum Gasteiger partial charge on any atom is 0.221 e. The van der Waals surface area contributed by atoms with Crippen LogP contribution in [0.15, 0.2) is 33.1 Å². The molecule has 0 amide bonds. The molecule has 0 atom stereocenters. The van der Waals surface area contributed by atoms with Crippen molar-refractivity contribution in [2.75, 3.05) is 11.1 Å². The van der Waals surface area contributed by atoms with Crippen LogP contribution < -0.4 is 0 Å². The molecule has 16 heavy (non-hydrogen) atoms. The lowest BCUT2D eigenvalue weighted by Gasteiger charge is -2.10. The van der Waals surface area contributed by atoms with Crippen molar-refractivity contribution in [2.45, 2.75) is 5.16 Å². The number of aromatic nitrogens is 3. The summed E-state index contributed by atoms with van der Waals surface area (Å²) in [6.07, 6.45) is 1.61. The molecule has 0 radical (unpaired) electrons. The molecule has 0 bridgehead atoms. The van der Waals surface area contributed by atoms with Crippen LogP contribution in [0.2, 0.25) is 0 Å². The van der Waals surface area contributed by atoms with Crippen molar-refractivity contribution in [1.82, 2.24) is 14.9 Å². The molecule has 0 fully saturated rings. The van der Waals surface area contributed by atoms with Crippen LogP contribution in [-0.2, 0) is 0 Å². The van der Waals surface area contributed by atoms with Crippen molar-refractivity contribution in [1.29, 1.82) is 0 Å². The maximum absolute atomic E-state index is 5.30. The number of hydrogen-bond acceptors (Lipinski definition) is 5. The van der Waals surface area contributed by atoms with Crippen LogP contribution in [-0.4, -0.2) is 31.7 Å². The Balaban J connectivity index is 2.11. The first-order chi connectivity index (χ1) is 7.88. The SMILES string of the molecule is BrCC1=Nn2c(nnc2-c2ccco2)SC1. The van der Waals surface area contributed by atoms with Gasteiger partial charge in [0.2, 0.25) is 11.0 Å². The van der Waals surface area contributed by atoms with Crippen LogP contribution in [0.25, 0.3) is 11.6 Å². The first-order valence-electron chi connectivity index (χ1n) is 4.63. The van der Waals surface area contributed by atoms with Crippen LogP contribution in [0.1, 0.15) is 0 Å². The second kappa shape index (κ2) is 4.06. The molecule has 0 saturated heterocycles. The van der Waals surface area contributed by atoms with Gasteiger partial charge in [0.05, 0.1) is 12.0 Å². The number of hydrogen-bond donors (Lipinski definition) is 0. The van der Waals surface area contributed by atoms with Crippen LogP contribution in [0.4, 0.5) is 0 Å². The van der Waals surface area contributed by atoms with E-state index in [1.54, 1.807) is 22.7 Å². The van der Waals surface area contributed by atoms with Gasteiger partial charge in [0.1, 0.15) is 0 Å². The quantitative estimate of drug-likeness (QED) is 0.798. The third-order valence-electron chi connectivity index (χ3n) is 2.12. The first kappa shape index (κ1) is 10.1. The van der Waals surface area contributed by atoms with Crippen molar-refractivity contribution < 1.29 is 4.42 Å². The van der Waals surface area contributed by atoms with E-state index in [0.717, 1.165) is 22.0 Å². The Morgan fingerprint density at radius 2 is 2.44 bits per heavy atom. The van der Waals surface area contributed by atoms with E-state index in [4.69, 9.17) is 4.42 Å². The highest BCUT2D eigenvalue weighted by molar-refractivity contribution is 9.09. The molecule has 1 aliphatic heterocycles. The van der Waals surface area contributed by atoms with Gasteiger partial charge >= 0.3 is 0 Å². The number of furan rings is 1. The summed E-state index contributed by atoms with van der Waals surface area (Å²) in [6.45, 7) is 0. The molecular formula is C9H7BrN4OS. The van der Waals surface area contributed by atoms with Crippen molar-refractivity contribution in [2.24, 2.45) is 5.10 Å². The van der Waals surface area contributed by atoms with E-state index < -0.39 is 0 Å². The van der Waals surface area contributed by atoms with Gasteiger partial charge in [-0.05, 0) is 12.1 Å². The molecule has 7 heteroatoms. The van der Waals surface area contributed by atoms with E-state index in [2.05, 4.69) is 31.2 Å². The number of halogens is 1. The predicted molar refractivity (Wildman–Crippen MR) is 65.1 cm³/mol. The summed E-state index contributed by atoms with van der Waals surface area (Å²) in [5.41, 5.74) is 1.06. The smallest absolute Gasteiger partial charge is 0.221 e. The van der Waals surface area contributed by atoms with Gasteiger partial charge in [0.15, 0.2) is 5.76 Å². The van der Waals surface area contributed by atoms with Crippen LogP contribution >= 0.6 is 27.7 Å². The minimum atomic E-state index is 0.644. The van der Waals surface area contributed by atoms with E-state index in [1.807, 2.05) is 12.1 Å². The summed E-state index contributed by atoms with van der Waals surface area (Å²) >= 11 is 5.03. The Bertz CT molecular complexity index is 534. The Kier molecular flexibility index (Phi) is 2.56. The summed E-state index contributed by atoms with van der Waals surface area (Å²) in [4.78, 5) is 0. The molecule has 5 nitrogen and oxygen atoms in total. The Morgan fingerprint density at radius 3 is 3.19 bits per heavy atom. The van der Waals surface area contributed by atoms with Gasteiger partial charge in [-0.3, -0.25) is 0 Å². The lowest BCUT2D eigenvalue weighted by molar-refractivity contribution is 0.571. The van der Waals surface area contributed by atoms with Crippen molar-refractivity contribution in [3.63, 3.8) is 0 Å². The Hall–Kier alpha value is -1.08. The zero-order chi connectivity index (χ0) is 11.0. The standard InChI is InChI=1S/C9H7BrN4OS/c10-4-6-5-16-9-12-11-8(14(9)13-6)7-2-1-3-15-7/h1-3H,4-5H2. The van der Waals surface area contributed by atoms with Crippen molar-refractivity contribution in [3.8, 4) is 11.6 Å². The lowest BCUT2D eigenvalue weighted by Crippen LogP contribution is -2.13. The third kappa shape index (κ3) is 1.60. The summed E-state index contributed by atoms with van der Waals surface area (Å²) in [6, 6.07) is 3.67. The van der Waals surface area contributed by atoms with E-state index in [9.17, 15) is 0 Å². The van der Waals surface area contributed by atoms with Crippen molar-refractivity contribution in [3.05, 3.63) is 18.4 Å². The molecule has 1 aliphatic rings. The molecule has 0 spiro atoms. The van der Waals surface area contributed by atoms with Gasteiger partial charge in [-0.15, -0.1) is 10.2 Å². The van der Waals surface area contributed by atoms with E-state index >= 15 is 0 Å². The highest BCUT2D eigenvalue weighted by Gasteiger charge is 2.20. The van der Waals surface area contributed by atoms with Gasteiger partial charge in [-0.1, -0.05) is 27.7 Å². The second-order valence-corrected chi connectivity index (χ2v) is 4.69. The number of nitrogens with zero attached hydrogens (tertiary/aromatic N) is 4. The summed E-state index contributed by atoms with van der Waals surface area (Å²) in [7, 11) is 0. The molecule has 3 heterocycles. The fourth-order valence-corrected chi connectivity index (χ4v) is 2.76. The topological polar surface area (TPSA) is 56.2 Å². The lowest BCUT2D eigenvalue weighted by atomic mass is 10.4. The molecule has 2 aromatic heterocycles. The maximum atomic E-state index is 5.30. The molecule has 0 aromatic carbocycles. The fourth-order valence-electron chi connectivity index (χ4n) is 1.39. The van der Waals surface area contributed by atoms with Gasteiger partial charge in [0.25, 0.3) is 0 Å². The van der Waals surface area contributed by atoms with Gasteiger partial charge < -0.3 is 4.42 Å². The molecule has 3 rings (SSSR count). The third-order valence-corrected chi connectivity index (χ3v) is 3.75. The molecule has 0 N–H and O–H groups in total. The Labute approximate surface area is 104 Å². The Morgan fingerprint density at radius 1 is 1.50 bits per heavy atom. The molecule has 0 unspecified atom stereocenters. The van der Waals surface area contributed by atoms with E-state index in [-0.39, 0.29) is 0 Å². The molecule has 0 saturated carbocycles. The fraction of sp³-hybridized carbons (Fsp3) is 0.222. The molecular weight excluding hydrogens is 292 g/mol. The van der Waals surface area contributed by atoms with Gasteiger partial charge in [-0.2, -0.15) is 9.78 Å². The van der Waals surface area contributed by atoms with Crippen LogP contribution in [0, 0.1) is 0 Å². The average molecular weight is 299 g/mol. The first-order valence-corrected chi connectivity index (χ1v) is 6.74. The number of thioether (sulfide) groups is 1. The summed E-state index contributed by atoms with van der Waals surface area (Å²) in [5, 5.41) is 14.2. The minimum Gasteiger partial charge on any atom is -0.461 e. The highest BCUT2D eigenvalue weighted by atomic mass is 79.9. The largest absolute Gasteiger partial charge is 0.461 e. The summed E-state index contributed by atoms with van der Waals surface area (Å²) < 4.78 is 7.03. The van der Waals surface area contributed by atoms with Gasteiger partial charge in [-0.25, -0.2) is 0 Å². The zero-order valence-corrected chi connectivity index (χ0v) is 10.5. The second-order valence-electron chi connectivity index (χ2n) is 3.18. The summed E-state index contributed by atoms with van der Waals surface area (Å²) in [5.74, 6) is 2.17. The van der Waals surface area contributed by atoms with Gasteiger partial charge in [0, 0.05) is 11.1 Å². The molecule has 0 aliphatic carbocycles. The predicted octanol–water partition coefficient (Wildman–Crippen LogP) is 2.24. The van der Waals surface area contributed by atoms with Crippen molar-refractivity contribution >= 4 is 33.4 Å². The van der Waals surface area contributed by atoms with Crippen LogP contribution in [0.5, 0.6) is 0 Å². The van der Waals surface area contributed by atoms with E-state index in [1.165, 1.54) is 0 Å². The number of alkyl halides is 1. The normalized spacial score (nSPS) is 14.7. The highest BCUT2D eigenvalue weighted by Crippen LogP contribution is 2.27. The number of fused-ring (bicyclic) bond motifs is 1. The van der Waals surface area contributed by atoms with E-state index in [0.29, 0.717) is 11.6 Å².